The van der Waals surface area contributed by atoms with Crippen molar-refractivity contribution in [2.75, 3.05) is 20.8 Å². The molecule has 108 valence electrons. The smallest absolute Gasteiger partial charge is 0.165 e. The van der Waals surface area contributed by atoms with Crippen LogP contribution >= 0.6 is 0 Å². The molecule has 0 aliphatic carbocycles. The number of hydrogen-bond acceptors (Lipinski definition) is 4. The zero-order valence-electron chi connectivity index (χ0n) is 11.8. The minimum absolute atomic E-state index is 0.0762. The van der Waals surface area contributed by atoms with Gasteiger partial charge in [0.25, 0.3) is 0 Å². The lowest BCUT2D eigenvalue weighted by atomic mass is 10.0. The molecule has 2 rings (SSSR count). The maximum Gasteiger partial charge on any atom is 0.165 e. The van der Waals surface area contributed by atoms with Gasteiger partial charge < -0.3 is 14.2 Å². The molecule has 4 nitrogen and oxygen atoms in total. The van der Waals surface area contributed by atoms with Gasteiger partial charge in [-0.1, -0.05) is 42.5 Å². The van der Waals surface area contributed by atoms with E-state index in [1.54, 1.807) is 14.2 Å². The van der Waals surface area contributed by atoms with Gasteiger partial charge in [-0.15, -0.1) is 0 Å². The van der Waals surface area contributed by atoms with Gasteiger partial charge in [0.15, 0.2) is 5.78 Å². The molecule has 0 amide bonds. The van der Waals surface area contributed by atoms with Crippen molar-refractivity contribution in [2.45, 2.75) is 24.7 Å². The molecule has 0 saturated carbocycles. The van der Waals surface area contributed by atoms with Crippen LogP contribution in [0.4, 0.5) is 0 Å². The monoisotopic (exact) mass is 276 g/mol. The quantitative estimate of drug-likeness (QED) is 0.590. The molecule has 0 unspecified atom stereocenters. The van der Waals surface area contributed by atoms with Crippen molar-refractivity contribution in [2.24, 2.45) is 0 Å². The Hall–Kier alpha value is -1.49. The molecular formula is C16H20O4. The predicted octanol–water partition coefficient (Wildman–Crippen LogP) is 2.24. The standard InChI is InChI=1S/C16H20O4/c1-18-11-16-15(19-2)9-8-13(20-16)10-14(17)12-6-4-3-5-7-12/h3-9,13,15-16H,10-11H2,1-2H3/t13-,15-,16+/m0/s1. The lowest BCUT2D eigenvalue weighted by Gasteiger charge is -2.31. The number of carbonyl (C=O) groups excluding carboxylic acids is 1. The fourth-order valence-electron chi connectivity index (χ4n) is 2.27. The number of ether oxygens (including phenoxy) is 3. The van der Waals surface area contributed by atoms with Crippen LogP contribution in [0.2, 0.25) is 0 Å². The second kappa shape index (κ2) is 7.33. The molecule has 1 heterocycles. The zero-order chi connectivity index (χ0) is 14.4. The fraction of sp³-hybridized carbons (Fsp3) is 0.438. The summed E-state index contributed by atoms with van der Waals surface area (Å²) >= 11 is 0. The molecule has 0 N–H and O–H groups in total. The van der Waals surface area contributed by atoms with Gasteiger partial charge >= 0.3 is 0 Å². The highest BCUT2D eigenvalue weighted by Crippen LogP contribution is 2.19. The minimum Gasteiger partial charge on any atom is -0.382 e. The second-order valence-corrected chi connectivity index (χ2v) is 4.75. The number of carbonyl (C=O) groups is 1. The summed E-state index contributed by atoms with van der Waals surface area (Å²) < 4.78 is 16.3. The van der Waals surface area contributed by atoms with Crippen molar-refractivity contribution >= 4 is 5.78 Å². The molecule has 20 heavy (non-hydrogen) atoms. The summed E-state index contributed by atoms with van der Waals surface area (Å²) in [6.45, 7) is 0.443. The van der Waals surface area contributed by atoms with Gasteiger partial charge in [-0.25, -0.2) is 0 Å². The lowest BCUT2D eigenvalue weighted by molar-refractivity contribution is -0.0964. The van der Waals surface area contributed by atoms with Gasteiger partial charge in [0.05, 0.1) is 12.7 Å². The summed E-state index contributed by atoms with van der Waals surface area (Å²) in [7, 11) is 3.26. The molecule has 4 heteroatoms. The van der Waals surface area contributed by atoms with Crippen LogP contribution in [-0.2, 0) is 14.2 Å². The number of Topliss-reactive ketones (excluding diaryl/α,β-unsaturated/α-hetero) is 1. The molecule has 1 aromatic rings. The van der Waals surface area contributed by atoms with Crippen molar-refractivity contribution in [1.82, 2.24) is 0 Å². The van der Waals surface area contributed by atoms with E-state index in [9.17, 15) is 4.79 Å². The van der Waals surface area contributed by atoms with E-state index < -0.39 is 0 Å². The highest BCUT2D eigenvalue weighted by molar-refractivity contribution is 5.96. The molecule has 0 spiro atoms. The number of methoxy groups -OCH3 is 2. The molecule has 0 bridgehead atoms. The lowest BCUT2D eigenvalue weighted by Crippen LogP contribution is -2.40. The number of benzene rings is 1. The molecule has 1 aliphatic heterocycles. The molecule has 0 aromatic heterocycles. The van der Waals surface area contributed by atoms with E-state index in [0.29, 0.717) is 18.6 Å². The normalized spacial score (nSPS) is 25.6. The summed E-state index contributed by atoms with van der Waals surface area (Å²) in [6, 6.07) is 9.25. The fourth-order valence-corrected chi connectivity index (χ4v) is 2.27. The van der Waals surface area contributed by atoms with E-state index in [0.717, 1.165) is 0 Å². The molecule has 1 aliphatic rings. The summed E-state index contributed by atoms with van der Waals surface area (Å²) in [4.78, 5) is 12.2. The van der Waals surface area contributed by atoms with E-state index in [1.165, 1.54) is 0 Å². The molecular weight excluding hydrogens is 256 g/mol. The van der Waals surface area contributed by atoms with Crippen molar-refractivity contribution in [1.29, 1.82) is 0 Å². The number of ketones is 1. The van der Waals surface area contributed by atoms with Crippen LogP contribution in [-0.4, -0.2) is 44.9 Å². The average molecular weight is 276 g/mol. The Balaban J connectivity index is 1.98. The first-order chi connectivity index (χ1) is 9.74. The van der Waals surface area contributed by atoms with E-state index in [2.05, 4.69) is 0 Å². The van der Waals surface area contributed by atoms with Crippen LogP contribution in [0.1, 0.15) is 16.8 Å². The molecule has 3 atom stereocenters. The highest BCUT2D eigenvalue weighted by atomic mass is 16.6. The van der Waals surface area contributed by atoms with Crippen molar-refractivity contribution < 1.29 is 19.0 Å². The summed E-state index contributed by atoms with van der Waals surface area (Å²) in [5, 5.41) is 0. The van der Waals surface area contributed by atoms with E-state index >= 15 is 0 Å². The first-order valence-corrected chi connectivity index (χ1v) is 6.68. The van der Waals surface area contributed by atoms with Gasteiger partial charge in [-0.2, -0.15) is 0 Å². The highest BCUT2D eigenvalue weighted by Gasteiger charge is 2.28. The van der Waals surface area contributed by atoms with Gasteiger partial charge in [0, 0.05) is 26.2 Å². The Kier molecular flexibility index (Phi) is 5.47. The second-order valence-electron chi connectivity index (χ2n) is 4.75. The SMILES string of the molecule is COC[C@H]1O[C@H](CC(=O)c2ccccc2)C=C[C@@H]1OC. The Morgan fingerprint density at radius 1 is 1.20 bits per heavy atom. The van der Waals surface area contributed by atoms with Crippen LogP contribution < -0.4 is 0 Å². The topological polar surface area (TPSA) is 44.8 Å². The van der Waals surface area contributed by atoms with Gasteiger partial charge in [0.1, 0.15) is 12.2 Å². The van der Waals surface area contributed by atoms with Crippen LogP contribution in [0.3, 0.4) is 0 Å². The maximum absolute atomic E-state index is 12.2. The van der Waals surface area contributed by atoms with Crippen molar-refractivity contribution in [3.8, 4) is 0 Å². The van der Waals surface area contributed by atoms with Crippen molar-refractivity contribution in [3.05, 3.63) is 48.0 Å². The van der Waals surface area contributed by atoms with E-state index in [4.69, 9.17) is 14.2 Å². The Bertz CT molecular complexity index is 455. The van der Waals surface area contributed by atoms with E-state index in [-0.39, 0.29) is 24.1 Å². The Morgan fingerprint density at radius 3 is 2.60 bits per heavy atom. The summed E-state index contributed by atoms with van der Waals surface area (Å²) in [5.41, 5.74) is 0.710. The third-order valence-corrected chi connectivity index (χ3v) is 3.32. The molecule has 0 fully saturated rings. The Labute approximate surface area is 119 Å². The molecule has 0 radical (unpaired) electrons. The number of rotatable bonds is 6. The van der Waals surface area contributed by atoms with Crippen molar-refractivity contribution in [3.63, 3.8) is 0 Å². The van der Waals surface area contributed by atoms with Crippen LogP contribution in [0.15, 0.2) is 42.5 Å². The number of hydrogen-bond donors (Lipinski definition) is 0. The maximum atomic E-state index is 12.2. The Morgan fingerprint density at radius 2 is 1.95 bits per heavy atom. The third kappa shape index (κ3) is 3.76. The first kappa shape index (κ1) is 14.9. The summed E-state index contributed by atoms with van der Waals surface area (Å²) in [6.07, 6.45) is 3.63. The largest absolute Gasteiger partial charge is 0.382 e. The van der Waals surface area contributed by atoms with Crippen LogP contribution in [0, 0.1) is 0 Å². The van der Waals surface area contributed by atoms with Crippen LogP contribution in [0.5, 0.6) is 0 Å². The molecule has 0 saturated heterocycles. The van der Waals surface area contributed by atoms with Crippen LogP contribution in [0.25, 0.3) is 0 Å². The minimum atomic E-state index is -0.228. The molecule has 1 aromatic carbocycles. The zero-order valence-corrected chi connectivity index (χ0v) is 11.8. The average Bonchev–Trinajstić information content (AvgIpc) is 2.49. The van der Waals surface area contributed by atoms with Gasteiger partial charge in [-0.05, 0) is 0 Å². The van der Waals surface area contributed by atoms with E-state index in [1.807, 2.05) is 42.5 Å². The predicted molar refractivity (Wildman–Crippen MR) is 75.9 cm³/mol. The van der Waals surface area contributed by atoms with Gasteiger partial charge in [0.2, 0.25) is 0 Å². The third-order valence-electron chi connectivity index (χ3n) is 3.32. The van der Waals surface area contributed by atoms with Gasteiger partial charge in [-0.3, -0.25) is 4.79 Å². The first-order valence-electron chi connectivity index (χ1n) is 6.68. The summed E-state index contributed by atoms with van der Waals surface area (Å²) in [5.74, 6) is 0.0762.